The third-order valence-electron chi connectivity index (χ3n) is 5.61. The third kappa shape index (κ3) is 2.99. The predicted octanol–water partition coefficient (Wildman–Crippen LogP) is 0.0310. The Morgan fingerprint density at radius 3 is 2.09 bits per heavy atom. The molecule has 12 heteroatoms. The first-order valence-corrected chi connectivity index (χ1v) is 9.72. The van der Waals surface area contributed by atoms with Crippen LogP contribution in [0.25, 0.3) is 32.7 Å². The largest absolute Gasteiger partial charge is 0.504 e. The summed E-state index contributed by atoms with van der Waals surface area (Å²) in [6.07, 6.45) is -5.99. The molecule has 1 aliphatic rings. The first kappa shape index (κ1) is 21.3. The van der Waals surface area contributed by atoms with Gasteiger partial charge in [-0.25, -0.2) is 9.59 Å². The van der Waals surface area contributed by atoms with Gasteiger partial charge >= 0.3 is 11.3 Å². The topological polar surface area (TPSA) is 178 Å². The average molecular weight is 462 g/mol. The summed E-state index contributed by atoms with van der Waals surface area (Å²) < 4.78 is 32.3. The second kappa shape index (κ2) is 7.49. The molecule has 1 saturated heterocycles. The molecule has 0 amide bonds. The van der Waals surface area contributed by atoms with Gasteiger partial charge in [0.2, 0.25) is 17.8 Å². The van der Waals surface area contributed by atoms with E-state index in [9.17, 15) is 30.0 Å². The number of aliphatic hydroxyl groups excluding tert-OH is 3. The van der Waals surface area contributed by atoms with Gasteiger partial charge in [0.25, 0.3) is 0 Å². The van der Waals surface area contributed by atoms with Gasteiger partial charge in [-0.2, -0.15) is 0 Å². The van der Waals surface area contributed by atoms with Crippen LogP contribution in [-0.4, -0.2) is 65.9 Å². The molecule has 12 nitrogen and oxygen atoms in total. The first-order chi connectivity index (χ1) is 15.8. The summed E-state index contributed by atoms with van der Waals surface area (Å²) in [6.45, 7) is -0.332. The monoisotopic (exact) mass is 462 g/mol. The van der Waals surface area contributed by atoms with Crippen LogP contribution in [0.1, 0.15) is 0 Å². The second-order valence-corrected chi connectivity index (χ2v) is 7.49. The zero-order valence-electron chi connectivity index (χ0n) is 17.2. The highest BCUT2D eigenvalue weighted by molar-refractivity contribution is 6.22. The predicted molar refractivity (Wildman–Crippen MR) is 110 cm³/mol. The summed E-state index contributed by atoms with van der Waals surface area (Å²) in [5.74, 6) is -0.841. The minimum absolute atomic E-state index is 0.0104. The third-order valence-corrected chi connectivity index (χ3v) is 5.61. The number of aliphatic hydroxyl groups is 3. The van der Waals surface area contributed by atoms with E-state index < -0.39 is 41.6 Å². The van der Waals surface area contributed by atoms with Crippen molar-refractivity contribution in [3.05, 3.63) is 33.0 Å². The Balaban J connectivity index is 1.85. The highest BCUT2D eigenvalue weighted by Crippen LogP contribution is 2.46. The van der Waals surface area contributed by atoms with Crippen molar-refractivity contribution >= 4 is 32.7 Å². The first-order valence-electron chi connectivity index (χ1n) is 9.72. The van der Waals surface area contributed by atoms with E-state index in [2.05, 4.69) is 0 Å². The molecule has 4 unspecified atom stereocenters. The van der Waals surface area contributed by atoms with E-state index in [0.29, 0.717) is 0 Å². The lowest BCUT2D eigenvalue weighted by Crippen LogP contribution is -2.54. The lowest BCUT2D eigenvalue weighted by Gasteiger charge is -2.35. The Kier molecular flexibility index (Phi) is 4.83. The van der Waals surface area contributed by atoms with Gasteiger partial charge in [-0.3, -0.25) is 0 Å². The maximum atomic E-state index is 12.8. The molecular formula is C21H18O12. The summed E-state index contributed by atoms with van der Waals surface area (Å²) in [5, 5.41) is 40.3. The number of aromatic hydroxyl groups is 1. The van der Waals surface area contributed by atoms with Crippen LogP contribution in [0.5, 0.6) is 23.0 Å². The smallest absolute Gasteiger partial charge is 0.344 e. The van der Waals surface area contributed by atoms with Gasteiger partial charge in [0.1, 0.15) is 18.3 Å². The van der Waals surface area contributed by atoms with Crippen molar-refractivity contribution in [1.29, 1.82) is 0 Å². The van der Waals surface area contributed by atoms with E-state index in [-0.39, 0.29) is 56.6 Å². The van der Waals surface area contributed by atoms with Gasteiger partial charge in [-0.05, 0) is 12.1 Å². The van der Waals surface area contributed by atoms with Crippen LogP contribution in [0.15, 0.2) is 30.6 Å². The fourth-order valence-corrected chi connectivity index (χ4v) is 4.01. The Labute approximate surface area is 183 Å². The fourth-order valence-electron chi connectivity index (χ4n) is 4.01. The van der Waals surface area contributed by atoms with Crippen molar-refractivity contribution < 1.29 is 48.2 Å². The number of benzene rings is 2. The number of methoxy groups -OCH3 is 2. The Hall–Kier alpha value is -3.58. The minimum Gasteiger partial charge on any atom is -0.504 e. The van der Waals surface area contributed by atoms with E-state index in [1.807, 2.05) is 0 Å². The normalized spacial score (nSPS) is 23.4. The zero-order chi connectivity index (χ0) is 23.6. The van der Waals surface area contributed by atoms with Crippen LogP contribution < -0.4 is 25.5 Å². The van der Waals surface area contributed by atoms with Gasteiger partial charge in [-0.1, -0.05) is 0 Å². The van der Waals surface area contributed by atoms with E-state index in [0.717, 1.165) is 6.07 Å². The minimum atomic E-state index is -1.65. The van der Waals surface area contributed by atoms with Crippen LogP contribution in [0.2, 0.25) is 0 Å². The molecule has 0 spiro atoms. The van der Waals surface area contributed by atoms with Gasteiger partial charge in [0.05, 0.1) is 31.6 Å². The molecule has 0 bridgehead atoms. The van der Waals surface area contributed by atoms with Gasteiger partial charge in [0, 0.05) is 10.8 Å². The molecule has 2 aromatic carbocycles. The highest BCUT2D eigenvalue weighted by atomic mass is 16.7. The molecule has 0 radical (unpaired) electrons. The molecule has 4 aromatic rings. The molecule has 1 aliphatic heterocycles. The van der Waals surface area contributed by atoms with Crippen molar-refractivity contribution in [2.75, 3.05) is 20.8 Å². The average Bonchev–Trinajstić information content (AvgIpc) is 2.79. The van der Waals surface area contributed by atoms with E-state index in [1.54, 1.807) is 0 Å². The van der Waals surface area contributed by atoms with Crippen LogP contribution in [0.3, 0.4) is 0 Å². The van der Waals surface area contributed by atoms with Gasteiger partial charge in [-0.15, -0.1) is 0 Å². The van der Waals surface area contributed by atoms with Gasteiger partial charge in [0.15, 0.2) is 22.7 Å². The summed E-state index contributed by atoms with van der Waals surface area (Å²) in [6, 6.07) is 2.42. The maximum Gasteiger partial charge on any atom is 0.344 e. The number of ether oxygens (including phenoxy) is 4. The molecule has 0 saturated carbocycles. The molecule has 2 aromatic heterocycles. The number of hydrogen-bond acceptors (Lipinski definition) is 12. The summed E-state index contributed by atoms with van der Waals surface area (Å²) in [5.41, 5.74) is -2.11. The molecule has 4 atom stereocenters. The number of phenols is 1. The fraction of sp³-hybridized carbons (Fsp3) is 0.333. The van der Waals surface area contributed by atoms with Crippen molar-refractivity contribution in [1.82, 2.24) is 0 Å². The molecule has 5 rings (SSSR count). The summed E-state index contributed by atoms with van der Waals surface area (Å²) in [4.78, 5) is 25.6. The number of hydrogen-bond donors (Lipinski definition) is 4. The van der Waals surface area contributed by atoms with Crippen LogP contribution in [0.4, 0.5) is 0 Å². The van der Waals surface area contributed by atoms with Crippen molar-refractivity contribution in [3.63, 3.8) is 0 Å². The Bertz CT molecular complexity index is 1480. The second-order valence-electron chi connectivity index (χ2n) is 7.49. The molecular weight excluding hydrogens is 444 g/mol. The molecule has 0 aliphatic carbocycles. The van der Waals surface area contributed by atoms with Crippen molar-refractivity contribution in [2.24, 2.45) is 0 Å². The lowest BCUT2D eigenvalue weighted by atomic mass is 10.0. The maximum absolute atomic E-state index is 12.8. The number of phenolic OH excluding ortho intramolecular Hbond substituents is 1. The highest BCUT2D eigenvalue weighted by Gasteiger charge is 2.40. The van der Waals surface area contributed by atoms with E-state index in [4.69, 9.17) is 27.8 Å². The van der Waals surface area contributed by atoms with E-state index in [1.165, 1.54) is 20.3 Å². The zero-order valence-corrected chi connectivity index (χ0v) is 17.2. The Morgan fingerprint density at radius 2 is 1.48 bits per heavy atom. The molecule has 33 heavy (non-hydrogen) atoms. The number of rotatable bonds is 4. The van der Waals surface area contributed by atoms with Crippen LogP contribution in [0, 0.1) is 0 Å². The van der Waals surface area contributed by atoms with E-state index >= 15 is 0 Å². The molecule has 4 N–H and O–H groups in total. The lowest BCUT2D eigenvalue weighted by molar-refractivity contribution is -0.242. The molecule has 3 heterocycles. The van der Waals surface area contributed by atoms with Crippen LogP contribution >= 0.6 is 0 Å². The Morgan fingerprint density at radius 1 is 0.879 bits per heavy atom. The standard InChI is InChI=1S/C21H18O12/c1-28-10-4-7-12-11-6(3-8(22)15(29-2)17(11)31-20(7)27)19(26)32-18(12)16(10)33-21-14(25)13(24)9(23)5-30-21/h3-4,9,13-14,21-25H,5H2,1-2H3. The SMILES string of the molecule is COc1cc2c(=O)oc3c(OC)c(O)cc4c(=O)oc(c1OC1OCC(O)C(O)C1O)c2c34. The van der Waals surface area contributed by atoms with Gasteiger partial charge < -0.3 is 48.2 Å². The summed E-state index contributed by atoms with van der Waals surface area (Å²) in [7, 11) is 2.53. The summed E-state index contributed by atoms with van der Waals surface area (Å²) >= 11 is 0. The van der Waals surface area contributed by atoms with Crippen molar-refractivity contribution in [3.8, 4) is 23.0 Å². The van der Waals surface area contributed by atoms with Crippen molar-refractivity contribution in [2.45, 2.75) is 24.6 Å². The molecule has 174 valence electrons. The van der Waals surface area contributed by atoms with Crippen LogP contribution in [-0.2, 0) is 4.74 Å². The quantitative estimate of drug-likeness (QED) is 0.237. The molecule has 1 fully saturated rings.